The maximum Gasteiger partial charge on any atom is 0.191 e. The van der Waals surface area contributed by atoms with Crippen LogP contribution in [0.25, 0.3) is 0 Å². The van der Waals surface area contributed by atoms with E-state index in [2.05, 4.69) is 9.89 Å². The molecule has 1 heterocycles. The Kier molecular flexibility index (Phi) is 5.26. The Bertz CT molecular complexity index is 269. The summed E-state index contributed by atoms with van der Waals surface area (Å²) in [5, 5.41) is 0. The molecule has 0 aromatic carbocycles. The molecule has 104 valence electrons. The summed E-state index contributed by atoms with van der Waals surface area (Å²) in [7, 11) is 1.81. The SMILES string of the molecule is COC1CCC(CN=C(N)N2CCOCC2)CC1. The molecule has 0 spiro atoms. The van der Waals surface area contributed by atoms with Crippen LogP contribution in [0, 0.1) is 5.92 Å². The summed E-state index contributed by atoms with van der Waals surface area (Å²) in [6.45, 7) is 4.11. The third-order valence-corrected chi connectivity index (χ3v) is 3.97. The largest absolute Gasteiger partial charge is 0.381 e. The summed E-state index contributed by atoms with van der Waals surface area (Å²) in [6, 6.07) is 0. The van der Waals surface area contributed by atoms with Gasteiger partial charge in [0, 0.05) is 26.7 Å². The van der Waals surface area contributed by atoms with E-state index in [1.54, 1.807) is 7.11 Å². The van der Waals surface area contributed by atoms with Crippen molar-refractivity contribution < 1.29 is 9.47 Å². The van der Waals surface area contributed by atoms with Gasteiger partial charge < -0.3 is 20.1 Å². The molecule has 2 fully saturated rings. The monoisotopic (exact) mass is 255 g/mol. The second-order valence-corrected chi connectivity index (χ2v) is 5.18. The number of nitrogens with zero attached hydrogens (tertiary/aromatic N) is 2. The molecule has 1 saturated carbocycles. The second kappa shape index (κ2) is 6.95. The van der Waals surface area contributed by atoms with Crippen LogP contribution in [0.4, 0.5) is 0 Å². The van der Waals surface area contributed by atoms with Crippen molar-refractivity contribution in [2.24, 2.45) is 16.6 Å². The van der Waals surface area contributed by atoms with Crippen LogP contribution in [0.15, 0.2) is 4.99 Å². The molecule has 18 heavy (non-hydrogen) atoms. The van der Waals surface area contributed by atoms with Gasteiger partial charge in [-0.2, -0.15) is 0 Å². The minimum Gasteiger partial charge on any atom is -0.381 e. The van der Waals surface area contributed by atoms with Gasteiger partial charge in [0.1, 0.15) is 0 Å². The first kappa shape index (κ1) is 13.6. The Morgan fingerprint density at radius 2 is 1.94 bits per heavy atom. The van der Waals surface area contributed by atoms with Crippen LogP contribution in [0.1, 0.15) is 25.7 Å². The van der Waals surface area contributed by atoms with Crippen LogP contribution in [-0.2, 0) is 9.47 Å². The first-order valence-electron chi connectivity index (χ1n) is 6.95. The first-order chi connectivity index (χ1) is 8.79. The van der Waals surface area contributed by atoms with Gasteiger partial charge in [-0.25, -0.2) is 0 Å². The Labute approximate surface area is 109 Å². The van der Waals surface area contributed by atoms with Gasteiger partial charge >= 0.3 is 0 Å². The average molecular weight is 255 g/mol. The highest BCUT2D eigenvalue weighted by Crippen LogP contribution is 2.25. The smallest absolute Gasteiger partial charge is 0.191 e. The highest BCUT2D eigenvalue weighted by Gasteiger charge is 2.21. The molecule has 0 aromatic rings. The molecule has 1 aliphatic carbocycles. The summed E-state index contributed by atoms with van der Waals surface area (Å²) in [5.41, 5.74) is 6.01. The minimum atomic E-state index is 0.460. The topological polar surface area (TPSA) is 60.1 Å². The van der Waals surface area contributed by atoms with Crippen molar-refractivity contribution in [2.75, 3.05) is 40.0 Å². The molecule has 5 nitrogen and oxygen atoms in total. The molecule has 0 amide bonds. The molecular weight excluding hydrogens is 230 g/mol. The van der Waals surface area contributed by atoms with Crippen LogP contribution in [0.5, 0.6) is 0 Å². The van der Waals surface area contributed by atoms with Gasteiger partial charge in [0.2, 0.25) is 0 Å². The molecule has 0 bridgehead atoms. The molecule has 0 unspecified atom stereocenters. The first-order valence-corrected chi connectivity index (χ1v) is 6.95. The number of methoxy groups -OCH3 is 1. The number of nitrogens with two attached hydrogens (primary N) is 1. The number of morpholine rings is 1. The number of aliphatic imine (C=N–C) groups is 1. The lowest BCUT2D eigenvalue weighted by Crippen LogP contribution is -2.45. The van der Waals surface area contributed by atoms with Crippen molar-refractivity contribution in [3.63, 3.8) is 0 Å². The highest BCUT2D eigenvalue weighted by molar-refractivity contribution is 5.78. The molecule has 0 aromatic heterocycles. The maximum absolute atomic E-state index is 6.01. The molecule has 1 saturated heterocycles. The fourth-order valence-corrected chi connectivity index (χ4v) is 2.67. The minimum absolute atomic E-state index is 0.460. The summed E-state index contributed by atoms with van der Waals surface area (Å²) in [4.78, 5) is 6.66. The molecule has 0 atom stereocenters. The third-order valence-electron chi connectivity index (χ3n) is 3.97. The third kappa shape index (κ3) is 3.85. The van der Waals surface area contributed by atoms with Crippen molar-refractivity contribution in [1.29, 1.82) is 0 Å². The Morgan fingerprint density at radius 3 is 2.56 bits per heavy atom. The zero-order valence-corrected chi connectivity index (χ0v) is 11.3. The second-order valence-electron chi connectivity index (χ2n) is 5.18. The van der Waals surface area contributed by atoms with Crippen molar-refractivity contribution in [3.8, 4) is 0 Å². The lowest BCUT2D eigenvalue weighted by atomic mass is 9.87. The van der Waals surface area contributed by atoms with Crippen LogP contribution >= 0.6 is 0 Å². The lowest BCUT2D eigenvalue weighted by molar-refractivity contribution is 0.0576. The molecule has 2 N–H and O–H groups in total. The van der Waals surface area contributed by atoms with E-state index in [-0.39, 0.29) is 0 Å². The van der Waals surface area contributed by atoms with Crippen LogP contribution < -0.4 is 5.73 Å². The molecule has 5 heteroatoms. The molecule has 2 aliphatic rings. The van der Waals surface area contributed by atoms with E-state index in [9.17, 15) is 0 Å². The number of hydrogen-bond donors (Lipinski definition) is 1. The fourth-order valence-electron chi connectivity index (χ4n) is 2.67. The average Bonchev–Trinajstić information content (AvgIpc) is 2.46. The Hall–Kier alpha value is -0.810. The number of rotatable bonds is 3. The molecule has 1 aliphatic heterocycles. The van der Waals surface area contributed by atoms with Crippen molar-refractivity contribution in [1.82, 2.24) is 4.90 Å². The van der Waals surface area contributed by atoms with E-state index in [0.717, 1.165) is 45.7 Å². The van der Waals surface area contributed by atoms with Crippen LogP contribution in [0.2, 0.25) is 0 Å². The van der Waals surface area contributed by atoms with Gasteiger partial charge in [0.25, 0.3) is 0 Å². The van der Waals surface area contributed by atoms with Gasteiger partial charge in [-0.05, 0) is 31.6 Å². The molecule has 2 rings (SSSR count). The predicted molar refractivity (Wildman–Crippen MR) is 71.6 cm³/mol. The number of guanidine groups is 1. The van der Waals surface area contributed by atoms with Crippen molar-refractivity contribution in [2.45, 2.75) is 31.8 Å². The maximum atomic E-state index is 6.01. The summed E-state index contributed by atoms with van der Waals surface area (Å²) in [5.74, 6) is 1.36. The summed E-state index contributed by atoms with van der Waals surface area (Å²) >= 11 is 0. The molecular formula is C13H25N3O2. The van der Waals surface area contributed by atoms with Gasteiger partial charge in [0.15, 0.2) is 5.96 Å². The fraction of sp³-hybridized carbons (Fsp3) is 0.923. The standard InChI is InChI=1S/C13H25N3O2/c1-17-12-4-2-11(3-5-12)10-15-13(14)16-6-8-18-9-7-16/h11-12H,2-10H2,1H3,(H2,14,15). The zero-order valence-electron chi connectivity index (χ0n) is 11.3. The quantitative estimate of drug-likeness (QED) is 0.599. The van der Waals surface area contributed by atoms with E-state index in [4.69, 9.17) is 15.2 Å². The lowest BCUT2D eigenvalue weighted by Gasteiger charge is -2.29. The van der Waals surface area contributed by atoms with Gasteiger partial charge in [-0.1, -0.05) is 0 Å². The van der Waals surface area contributed by atoms with E-state index in [1.807, 2.05) is 0 Å². The number of ether oxygens (including phenoxy) is 2. The van der Waals surface area contributed by atoms with E-state index < -0.39 is 0 Å². The van der Waals surface area contributed by atoms with E-state index in [0.29, 0.717) is 18.0 Å². The zero-order chi connectivity index (χ0) is 12.8. The van der Waals surface area contributed by atoms with Gasteiger partial charge in [-0.15, -0.1) is 0 Å². The molecule has 0 radical (unpaired) electrons. The van der Waals surface area contributed by atoms with Crippen molar-refractivity contribution in [3.05, 3.63) is 0 Å². The van der Waals surface area contributed by atoms with Crippen LogP contribution in [-0.4, -0.2) is 56.9 Å². The number of hydrogen-bond acceptors (Lipinski definition) is 3. The Morgan fingerprint density at radius 1 is 1.28 bits per heavy atom. The van der Waals surface area contributed by atoms with Crippen LogP contribution in [0.3, 0.4) is 0 Å². The summed E-state index contributed by atoms with van der Waals surface area (Å²) < 4.78 is 10.7. The van der Waals surface area contributed by atoms with Gasteiger partial charge in [0.05, 0.1) is 19.3 Å². The van der Waals surface area contributed by atoms with Gasteiger partial charge in [-0.3, -0.25) is 4.99 Å². The Balaban J connectivity index is 1.72. The van der Waals surface area contributed by atoms with Crippen molar-refractivity contribution >= 4 is 5.96 Å². The van der Waals surface area contributed by atoms with E-state index in [1.165, 1.54) is 12.8 Å². The normalized spacial score (nSPS) is 30.5. The summed E-state index contributed by atoms with van der Waals surface area (Å²) in [6.07, 6.45) is 5.20. The highest BCUT2D eigenvalue weighted by atomic mass is 16.5. The van der Waals surface area contributed by atoms with E-state index >= 15 is 0 Å². The predicted octanol–water partition coefficient (Wildman–Crippen LogP) is 0.839.